The van der Waals surface area contributed by atoms with E-state index in [1.165, 1.54) is 0 Å². The number of rotatable bonds is 41. The third-order valence-corrected chi connectivity index (χ3v) is 15.6. The number of hydrogen-bond donors (Lipinski definition) is 17. The van der Waals surface area contributed by atoms with E-state index in [1.54, 1.807) is 0 Å². The van der Waals surface area contributed by atoms with Crippen molar-refractivity contribution in [2.75, 3.05) is 116 Å². The molecule has 19 N–H and O–H groups in total. The highest BCUT2D eigenvalue weighted by atomic mass is 35.5. The van der Waals surface area contributed by atoms with E-state index in [-0.39, 0.29) is 78.6 Å². The second kappa shape index (κ2) is 42.2. The summed E-state index contributed by atoms with van der Waals surface area (Å²) in [5.74, 6) is -1.83. The first-order valence-corrected chi connectivity index (χ1v) is 31.6. The predicted octanol–water partition coefficient (Wildman–Crippen LogP) is -7.76. The van der Waals surface area contributed by atoms with Crippen molar-refractivity contribution in [3.63, 3.8) is 0 Å². The molecule has 4 fully saturated rings. The molecule has 5 amide bonds. The van der Waals surface area contributed by atoms with Crippen LogP contribution in [0.25, 0.3) is 0 Å². The second-order valence-corrected chi connectivity index (χ2v) is 22.7. The molecule has 95 heavy (non-hydrogen) atoms. The van der Waals surface area contributed by atoms with Crippen LogP contribution in [0, 0.1) is 0 Å². The highest BCUT2D eigenvalue weighted by Gasteiger charge is 2.54. The normalized spacial score (nSPS) is 31.1. The summed E-state index contributed by atoms with van der Waals surface area (Å²) >= 11 is 11.9. The SMILES string of the molecule is NC(=O)O[C@@H]1[C@H](O)[C@@H](O[C@@H]2[C@@H](OCCOCCNC(=O)CC(NC(=O)CCCOC(=O)CCCc3ccc(N(CCCl)CCCl)cc3)C(=O)NCCOCCO[C@H]3O[C@@H](CO)[C@@H](O)[C@H](O)[C@@H]3O[C@H]3O[C@H](CO)[C@@H](O)[C@H](OC(N)=O)[C@@H]3O)O[C@@H](CO)[C@@H](O)[C@@H]2O)O[C@H](CO)[C@H]1O. The first kappa shape index (κ1) is 80.8. The van der Waals surface area contributed by atoms with E-state index >= 15 is 0 Å². The van der Waals surface area contributed by atoms with Gasteiger partial charge in [-0.25, -0.2) is 9.59 Å². The van der Waals surface area contributed by atoms with Gasteiger partial charge in [0.25, 0.3) is 0 Å². The van der Waals surface area contributed by atoms with Crippen molar-refractivity contribution in [2.45, 2.75) is 167 Å². The maximum Gasteiger partial charge on any atom is 0.404 e. The Morgan fingerprint density at radius 1 is 0.516 bits per heavy atom. The third kappa shape index (κ3) is 25.1. The second-order valence-electron chi connectivity index (χ2n) is 22.0. The maximum atomic E-state index is 13.6. The van der Waals surface area contributed by atoms with Crippen LogP contribution in [0.3, 0.4) is 0 Å². The molecular formula is C56H90Cl2N6O31. The van der Waals surface area contributed by atoms with E-state index in [0.29, 0.717) is 37.7 Å². The molecule has 0 bridgehead atoms. The van der Waals surface area contributed by atoms with E-state index in [9.17, 15) is 90.0 Å². The van der Waals surface area contributed by atoms with E-state index in [1.807, 2.05) is 24.3 Å². The number of aliphatic hydroxyl groups is 12. The number of ether oxygens (including phenoxy) is 13. The molecule has 4 aliphatic heterocycles. The van der Waals surface area contributed by atoms with Crippen molar-refractivity contribution in [2.24, 2.45) is 11.5 Å². The van der Waals surface area contributed by atoms with Gasteiger partial charge in [-0.3, -0.25) is 19.2 Å². The van der Waals surface area contributed by atoms with Crippen LogP contribution in [-0.4, -0.2) is 337 Å². The molecule has 0 spiro atoms. The fourth-order valence-electron chi connectivity index (χ4n) is 10.2. The summed E-state index contributed by atoms with van der Waals surface area (Å²) in [6.07, 6.45) is -36.8. The van der Waals surface area contributed by atoms with Crippen molar-refractivity contribution in [3.8, 4) is 0 Å². The number of nitrogens with one attached hydrogen (secondary N) is 3. The van der Waals surface area contributed by atoms with Crippen molar-refractivity contribution < 1.29 is 152 Å². The highest BCUT2D eigenvalue weighted by Crippen LogP contribution is 2.33. The Bertz CT molecular complexity index is 2460. The zero-order valence-electron chi connectivity index (χ0n) is 51.7. The summed E-state index contributed by atoms with van der Waals surface area (Å²) < 4.78 is 70.9. The molecule has 0 aromatic heterocycles. The van der Waals surface area contributed by atoms with Crippen molar-refractivity contribution >= 4 is 64.8 Å². The summed E-state index contributed by atoms with van der Waals surface area (Å²) in [6, 6.07) is 6.36. The number of carbonyl (C=O) groups excluding carboxylic acids is 6. The third-order valence-electron chi connectivity index (χ3n) is 15.2. The van der Waals surface area contributed by atoms with Crippen LogP contribution in [0.5, 0.6) is 0 Å². The van der Waals surface area contributed by atoms with Gasteiger partial charge in [0.05, 0.1) is 79.1 Å². The Labute approximate surface area is 554 Å². The quantitative estimate of drug-likeness (QED) is 0.0125. The van der Waals surface area contributed by atoms with E-state index in [4.69, 9.17) is 96.2 Å². The largest absolute Gasteiger partial charge is 0.466 e. The van der Waals surface area contributed by atoms with Gasteiger partial charge in [-0.15, -0.1) is 23.2 Å². The van der Waals surface area contributed by atoms with Crippen LogP contribution in [0.2, 0.25) is 0 Å². The fourth-order valence-corrected chi connectivity index (χ4v) is 10.7. The van der Waals surface area contributed by atoms with Gasteiger partial charge >= 0.3 is 18.2 Å². The number of aliphatic hydroxyl groups excluding tert-OH is 12. The standard InChI is InChI=1S/C56H90Cl2N6O31/c57-10-14-64(15-11-58)29-8-6-28(7-9-29)3-1-5-37(71)85-16-2-4-35(69)63-30(50(80)62-13-18-84-20-22-87-54-49(43(77)39(73)32(25-66)91-54)93-52-45(79)47(95-56(60)82)41(75)34(27-68)89-52)23-36(70)61-12-17-83-19-21-86-53-48(42(76)38(72)31(24-65)90-53)92-51-44(78)46(94-55(59)81)40(74)33(26-67)88-51/h6-9,30-34,38-49,51-54,65-68,72-79H,1-5,10-27H2,(H2,59,81)(H2,60,82)(H,61,70)(H,62,80)(H,63,69)/t30?,31-,32-,33+,34+,38+,39+,40+,41+,42-,43-,44-,45-,46-,47-,48-,49-,51+,52+,53-,54-/m0/s1. The van der Waals surface area contributed by atoms with Crippen LogP contribution < -0.4 is 32.3 Å². The molecule has 37 nitrogen and oxygen atoms in total. The molecule has 39 heteroatoms. The zero-order chi connectivity index (χ0) is 69.7. The van der Waals surface area contributed by atoms with Crippen molar-refractivity contribution in [3.05, 3.63) is 29.8 Å². The number of aryl methyl sites for hydroxylation is 1. The molecule has 4 aliphatic rings. The van der Waals surface area contributed by atoms with E-state index in [2.05, 4.69) is 20.9 Å². The number of amides is 5. The Hall–Kier alpha value is -4.86. The van der Waals surface area contributed by atoms with Crippen LogP contribution in [0.4, 0.5) is 15.3 Å². The summed E-state index contributed by atoms with van der Waals surface area (Å²) in [5.41, 5.74) is 12.1. The monoisotopic (exact) mass is 1410 g/mol. The lowest BCUT2D eigenvalue weighted by Crippen LogP contribution is -2.65. The predicted molar refractivity (Wildman–Crippen MR) is 319 cm³/mol. The van der Waals surface area contributed by atoms with Crippen molar-refractivity contribution in [1.29, 1.82) is 0 Å². The number of primary amides is 2. The Kier molecular flexibility index (Phi) is 35.9. The number of alkyl halides is 2. The summed E-state index contributed by atoms with van der Waals surface area (Å²) in [7, 11) is 0. The van der Waals surface area contributed by atoms with Gasteiger partial charge in [0.2, 0.25) is 17.7 Å². The smallest absolute Gasteiger partial charge is 0.404 e. The van der Waals surface area contributed by atoms with Gasteiger partial charge < -0.3 is 155 Å². The van der Waals surface area contributed by atoms with Crippen LogP contribution in [-0.2, 0) is 87.2 Å². The minimum atomic E-state index is -1.97. The lowest BCUT2D eigenvalue weighted by atomic mass is 9.97. The van der Waals surface area contributed by atoms with Crippen LogP contribution >= 0.6 is 23.2 Å². The molecule has 21 atom stereocenters. The summed E-state index contributed by atoms with van der Waals surface area (Å²) in [5, 5.41) is 133. The summed E-state index contributed by atoms with van der Waals surface area (Å²) in [6.45, 7) is -4.00. The molecule has 1 aromatic carbocycles. The highest BCUT2D eigenvalue weighted by molar-refractivity contribution is 6.18. The molecular weight excluding hydrogens is 1320 g/mol. The van der Waals surface area contributed by atoms with Gasteiger partial charge in [-0.1, -0.05) is 12.1 Å². The number of nitrogens with two attached hydrogens (primary N) is 2. The van der Waals surface area contributed by atoms with E-state index in [0.717, 1.165) is 11.3 Å². The lowest BCUT2D eigenvalue weighted by molar-refractivity contribution is -0.367. The molecule has 5 rings (SSSR count). The molecule has 4 heterocycles. The number of anilines is 1. The number of carbonyl (C=O) groups is 6. The molecule has 0 saturated carbocycles. The molecule has 544 valence electrons. The van der Waals surface area contributed by atoms with Gasteiger partial charge in [0.15, 0.2) is 37.4 Å². The summed E-state index contributed by atoms with van der Waals surface area (Å²) in [4.78, 5) is 77.8. The van der Waals surface area contributed by atoms with Gasteiger partial charge in [-0.2, -0.15) is 0 Å². The Morgan fingerprint density at radius 3 is 1.42 bits per heavy atom. The topological polar surface area (TPSA) is 557 Å². The molecule has 0 aliphatic carbocycles. The average molecular weight is 1410 g/mol. The molecule has 0 radical (unpaired) electrons. The van der Waals surface area contributed by atoms with Gasteiger partial charge in [0.1, 0.15) is 91.5 Å². The lowest BCUT2D eigenvalue weighted by Gasteiger charge is -2.46. The number of halogens is 2. The Morgan fingerprint density at radius 2 is 0.968 bits per heavy atom. The zero-order valence-corrected chi connectivity index (χ0v) is 53.2. The molecule has 4 saturated heterocycles. The van der Waals surface area contributed by atoms with Gasteiger partial charge in [0, 0.05) is 56.5 Å². The number of hydrogen-bond acceptors (Lipinski definition) is 32. The minimum absolute atomic E-state index is 0.0566. The molecule has 1 unspecified atom stereocenters. The number of esters is 1. The van der Waals surface area contributed by atoms with Crippen LogP contribution in [0.15, 0.2) is 24.3 Å². The first-order valence-electron chi connectivity index (χ1n) is 30.6. The molecule has 1 aromatic rings. The number of nitrogens with zero attached hydrogens (tertiary/aromatic N) is 1. The number of benzene rings is 1. The average Bonchev–Trinajstić information content (AvgIpc) is 0.806. The van der Waals surface area contributed by atoms with Crippen molar-refractivity contribution in [1.82, 2.24) is 16.0 Å². The minimum Gasteiger partial charge on any atom is -0.466 e. The Balaban J connectivity index is 1.11. The maximum absolute atomic E-state index is 13.6. The first-order chi connectivity index (χ1) is 45.5. The van der Waals surface area contributed by atoms with E-state index < -0.39 is 198 Å². The van der Waals surface area contributed by atoms with Crippen LogP contribution in [0.1, 0.15) is 37.7 Å². The fraction of sp³-hybridized carbons (Fsp3) is 0.786. The van der Waals surface area contributed by atoms with Gasteiger partial charge in [-0.05, 0) is 37.0 Å².